The first-order valence-electron chi connectivity index (χ1n) is 4.30. The van der Waals surface area contributed by atoms with Crippen molar-refractivity contribution in [3.8, 4) is 0 Å². The van der Waals surface area contributed by atoms with Crippen LogP contribution in [0.4, 0.5) is 5.13 Å². The molecule has 1 aromatic heterocycles. The number of rotatable bonds is 1. The Hall–Kier alpha value is -0.130. The van der Waals surface area contributed by atoms with Crippen molar-refractivity contribution in [3.63, 3.8) is 0 Å². The van der Waals surface area contributed by atoms with E-state index in [0.717, 1.165) is 34.8 Å². The summed E-state index contributed by atoms with van der Waals surface area (Å²) in [4.78, 5) is 6.40. The molecule has 1 aliphatic rings. The molecule has 72 valence electrons. The van der Waals surface area contributed by atoms with E-state index in [1.165, 1.54) is 0 Å². The van der Waals surface area contributed by atoms with Gasteiger partial charge in [0.2, 0.25) is 0 Å². The van der Waals surface area contributed by atoms with E-state index in [-0.39, 0.29) is 6.10 Å². The topological polar surface area (TPSA) is 36.4 Å². The Morgan fingerprint density at radius 2 is 2.54 bits per heavy atom. The van der Waals surface area contributed by atoms with Crippen LogP contribution in [0.5, 0.6) is 0 Å². The van der Waals surface area contributed by atoms with Gasteiger partial charge in [0.15, 0.2) is 5.13 Å². The molecular weight excluding hydrogens is 252 g/mol. The lowest BCUT2D eigenvalue weighted by Gasteiger charge is -2.29. The Morgan fingerprint density at radius 1 is 1.69 bits per heavy atom. The standard InChI is InChI=1S/C8H11BrN2OS/c9-7-4-10-8(13-7)11-3-1-2-6(12)5-11/h4,6,12H,1-3,5H2. The zero-order valence-electron chi connectivity index (χ0n) is 7.11. The number of halogens is 1. The number of aliphatic hydroxyl groups excluding tert-OH is 1. The molecule has 0 aliphatic carbocycles. The summed E-state index contributed by atoms with van der Waals surface area (Å²) < 4.78 is 1.04. The molecule has 1 atom stereocenters. The molecule has 5 heteroatoms. The van der Waals surface area contributed by atoms with Crippen molar-refractivity contribution >= 4 is 32.4 Å². The molecule has 0 bridgehead atoms. The fourth-order valence-corrected chi connectivity index (χ4v) is 2.74. The van der Waals surface area contributed by atoms with E-state index in [1.54, 1.807) is 17.5 Å². The van der Waals surface area contributed by atoms with Gasteiger partial charge in [-0.15, -0.1) is 0 Å². The number of thiazole rings is 1. The smallest absolute Gasteiger partial charge is 0.186 e. The quantitative estimate of drug-likeness (QED) is 0.840. The van der Waals surface area contributed by atoms with Gasteiger partial charge in [0.05, 0.1) is 16.1 Å². The van der Waals surface area contributed by atoms with Crippen LogP contribution in [0.15, 0.2) is 9.98 Å². The zero-order chi connectivity index (χ0) is 9.26. The summed E-state index contributed by atoms with van der Waals surface area (Å²) in [5.74, 6) is 0. The second kappa shape index (κ2) is 3.94. The van der Waals surface area contributed by atoms with E-state index in [4.69, 9.17) is 0 Å². The van der Waals surface area contributed by atoms with Gasteiger partial charge in [-0.05, 0) is 28.8 Å². The molecule has 1 unspecified atom stereocenters. The van der Waals surface area contributed by atoms with Gasteiger partial charge in [-0.2, -0.15) is 0 Å². The summed E-state index contributed by atoms with van der Waals surface area (Å²) in [7, 11) is 0. The third-order valence-corrected chi connectivity index (χ3v) is 3.67. The van der Waals surface area contributed by atoms with Gasteiger partial charge in [0, 0.05) is 13.1 Å². The molecular formula is C8H11BrN2OS. The van der Waals surface area contributed by atoms with Gasteiger partial charge in [-0.1, -0.05) is 11.3 Å². The second-order valence-corrected chi connectivity index (χ2v) is 5.58. The van der Waals surface area contributed by atoms with Crippen LogP contribution in [0, 0.1) is 0 Å². The first kappa shape index (κ1) is 9.43. The molecule has 13 heavy (non-hydrogen) atoms. The SMILES string of the molecule is OC1CCCN(c2ncc(Br)s2)C1. The molecule has 2 rings (SSSR count). The lowest BCUT2D eigenvalue weighted by molar-refractivity contribution is 0.154. The molecule has 0 spiro atoms. The third kappa shape index (κ3) is 2.21. The minimum Gasteiger partial charge on any atom is -0.391 e. The fraction of sp³-hybridized carbons (Fsp3) is 0.625. The molecule has 1 aromatic rings. The van der Waals surface area contributed by atoms with Gasteiger partial charge in [0.25, 0.3) is 0 Å². The summed E-state index contributed by atoms with van der Waals surface area (Å²) in [6.07, 6.45) is 3.60. The minimum absolute atomic E-state index is 0.184. The monoisotopic (exact) mass is 262 g/mol. The van der Waals surface area contributed by atoms with Crippen molar-refractivity contribution in [2.24, 2.45) is 0 Å². The Morgan fingerprint density at radius 3 is 3.15 bits per heavy atom. The van der Waals surface area contributed by atoms with Crippen LogP contribution < -0.4 is 4.90 Å². The molecule has 1 aliphatic heterocycles. The van der Waals surface area contributed by atoms with Crippen LogP contribution in [0.25, 0.3) is 0 Å². The van der Waals surface area contributed by atoms with E-state index in [1.807, 2.05) is 0 Å². The van der Waals surface area contributed by atoms with Gasteiger partial charge in [-0.25, -0.2) is 4.98 Å². The maximum atomic E-state index is 9.47. The number of anilines is 1. The highest BCUT2D eigenvalue weighted by Crippen LogP contribution is 2.28. The van der Waals surface area contributed by atoms with Crippen LogP contribution in [0.1, 0.15) is 12.8 Å². The summed E-state index contributed by atoms with van der Waals surface area (Å²) >= 11 is 5.00. The lowest BCUT2D eigenvalue weighted by Crippen LogP contribution is -2.38. The molecule has 1 N–H and O–H groups in total. The van der Waals surface area contributed by atoms with Crippen molar-refractivity contribution in [2.45, 2.75) is 18.9 Å². The predicted octanol–water partition coefficient (Wildman–Crippen LogP) is 1.87. The number of hydrogen-bond donors (Lipinski definition) is 1. The highest BCUT2D eigenvalue weighted by Gasteiger charge is 2.19. The van der Waals surface area contributed by atoms with Gasteiger partial charge in [0.1, 0.15) is 0 Å². The minimum atomic E-state index is -0.184. The first-order chi connectivity index (χ1) is 6.25. The number of β-amino-alcohol motifs (C(OH)–C–C–N with tert-alkyl or cyclic N) is 1. The van der Waals surface area contributed by atoms with E-state index in [0.29, 0.717) is 0 Å². The van der Waals surface area contributed by atoms with Crippen molar-refractivity contribution < 1.29 is 5.11 Å². The van der Waals surface area contributed by atoms with Gasteiger partial charge >= 0.3 is 0 Å². The maximum absolute atomic E-state index is 9.47. The van der Waals surface area contributed by atoms with Gasteiger partial charge in [-0.3, -0.25) is 0 Å². The Bertz CT molecular complexity index is 291. The first-order valence-corrected chi connectivity index (χ1v) is 5.91. The summed E-state index contributed by atoms with van der Waals surface area (Å²) in [5.41, 5.74) is 0. The maximum Gasteiger partial charge on any atom is 0.186 e. The molecule has 0 aromatic carbocycles. The molecule has 1 saturated heterocycles. The highest BCUT2D eigenvalue weighted by molar-refractivity contribution is 9.11. The molecule has 0 saturated carbocycles. The third-order valence-electron chi connectivity index (χ3n) is 2.13. The molecule has 1 fully saturated rings. The van der Waals surface area contributed by atoms with Crippen LogP contribution >= 0.6 is 27.3 Å². The molecule has 0 radical (unpaired) electrons. The Kier molecular flexibility index (Phi) is 2.86. The number of piperidine rings is 1. The van der Waals surface area contributed by atoms with Crippen molar-refractivity contribution in [2.75, 3.05) is 18.0 Å². The lowest BCUT2D eigenvalue weighted by atomic mass is 10.1. The largest absolute Gasteiger partial charge is 0.391 e. The molecule has 3 nitrogen and oxygen atoms in total. The van der Waals surface area contributed by atoms with E-state index in [2.05, 4.69) is 25.8 Å². The Labute approximate surface area is 89.5 Å². The zero-order valence-corrected chi connectivity index (χ0v) is 9.51. The average molecular weight is 263 g/mol. The number of aliphatic hydroxyl groups is 1. The fourth-order valence-electron chi connectivity index (χ4n) is 1.52. The Balaban J connectivity index is 2.08. The summed E-state index contributed by atoms with van der Waals surface area (Å²) in [5, 5.41) is 10.5. The van der Waals surface area contributed by atoms with E-state index < -0.39 is 0 Å². The highest BCUT2D eigenvalue weighted by atomic mass is 79.9. The normalized spacial score (nSPS) is 23.5. The van der Waals surface area contributed by atoms with Crippen LogP contribution in [-0.2, 0) is 0 Å². The number of hydrogen-bond acceptors (Lipinski definition) is 4. The number of aromatic nitrogens is 1. The summed E-state index contributed by atoms with van der Waals surface area (Å²) in [6, 6.07) is 0. The van der Waals surface area contributed by atoms with Crippen molar-refractivity contribution in [3.05, 3.63) is 9.98 Å². The van der Waals surface area contributed by atoms with E-state index in [9.17, 15) is 5.11 Å². The average Bonchev–Trinajstić information content (AvgIpc) is 2.52. The van der Waals surface area contributed by atoms with Crippen LogP contribution in [-0.4, -0.2) is 29.3 Å². The second-order valence-electron chi connectivity index (χ2n) is 3.19. The van der Waals surface area contributed by atoms with Gasteiger partial charge < -0.3 is 10.0 Å². The van der Waals surface area contributed by atoms with Crippen molar-refractivity contribution in [1.82, 2.24) is 4.98 Å². The number of nitrogens with zero attached hydrogens (tertiary/aromatic N) is 2. The van der Waals surface area contributed by atoms with Crippen molar-refractivity contribution in [1.29, 1.82) is 0 Å². The summed E-state index contributed by atoms with van der Waals surface area (Å²) in [6.45, 7) is 1.73. The molecule has 2 heterocycles. The van der Waals surface area contributed by atoms with Crippen LogP contribution in [0.2, 0.25) is 0 Å². The molecule has 0 amide bonds. The van der Waals surface area contributed by atoms with Crippen LogP contribution in [0.3, 0.4) is 0 Å². The van der Waals surface area contributed by atoms with E-state index >= 15 is 0 Å². The predicted molar refractivity (Wildman–Crippen MR) is 57.3 cm³/mol.